The molecule has 5 rings (SSSR count). The number of methoxy groups -OCH3 is 1. The SMILES string of the molecule is COC(=O)c1ccccc1NC(=O)N1CCCC2=C[C@H]3C[C@H](CN4CCCC[C@@H]34)[C@H]21. The van der Waals surface area contributed by atoms with Crippen LogP contribution in [0.15, 0.2) is 35.9 Å². The summed E-state index contributed by atoms with van der Waals surface area (Å²) in [4.78, 5) is 30.2. The van der Waals surface area contributed by atoms with Crippen LogP contribution in [0.1, 0.15) is 48.9 Å². The van der Waals surface area contributed by atoms with E-state index in [2.05, 4.69) is 16.3 Å². The Morgan fingerprint density at radius 3 is 2.87 bits per heavy atom. The van der Waals surface area contributed by atoms with Crippen molar-refractivity contribution in [3.8, 4) is 0 Å². The Balaban J connectivity index is 1.39. The average molecular weight is 410 g/mol. The molecule has 0 unspecified atom stereocenters. The van der Waals surface area contributed by atoms with Crippen LogP contribution >= 0.6 is 0 Å². The number of likely N-dealkylation sites (tertiary alicyclic amines) is 1. The molecule has 1 N–H and O–H groups in total. The smallest absolute Gasteiger partial charge is 0.339 e. The highest BCUT2D eigenvalue weighted by atomic mass is 16.5. The molecular weight excluding hydrogens is 378 g/mol. The Morgan fingerprint density at radius 2 is 2.00 bits per heavy atom. The van der Waals surface area contributed by atoms with E-state index < -0.39 is 5.97 Å². The minimum atomic E-state index is -0.436. The van der Waals surface area contributed by atoms with Crippen molar-refractivity contribution in [1.29, 1.82) is 0 Å². The van der Waals surface area contributed by atoms with Gasteiger partial charge in [0, 0.05) is 19.1 Å². The number of amides is 2. The van der Waals surface area contributed by atoms with Gasteiger partial charge in [0.2, 0.25) is 0 Å². The Bertz CT molecular complexity index is 867. The molecule has 3 saturated heterocycles. The maximum absolute atomic E-state index is 13.4. The molecule has 2 amide bonds. The molecule has 160 valence electrons. The van der Waals surface area contributed by atoms with Crippen LogP contribution in [0.5, 0.6) is 0 Å². The number of hydrogen-bond donors (Lipinski definition) is 1. The molecule has 3 heterocycles. The molecular formula is C24H31N3O3. The van der Waals surface area contributed by atoms with Gasteiger partial charge in [0.25, 0.3) is 0 Å². The topological polar surface area (TPSA) is 61.9 Å². The van der Waals surface area contributed by atoms with Crippen LogP contribution in [0, 0.1) is 11.8 Å². The molecule has 3 fully saturated rings. The summed E-state index contributed by atoms with van der Waals surface area (Å²) in [6, 6.07) is 7.84. The average Bonchev–Trinajstić information content (AvgIpc) is 2.78. The Labute approximate surface area is 178 Å². The third-order valence-corrected chi connectivity index (χ3v) is 7.49. The van der Waals surface area contributed by atoms with Crippen LogP contribution in [0.4, 0.5) is 10.5 Å². The number of fused-ring (bicyclic) bond motifs is 6. The van der Waals surface area contributed by atoms with Crippen molar-refractivity contribution in [1.82, 2.24) is 9.80 Å². The number of benzene rings is 1. The fraction of sp³-hybridized carbons (Fsp3) is 0.583. The van der Waals surface area contributed by atoms with Gasteiger partial charge in [0.15, 0.2) is 0 Å². The van der Waals surface area contributed by atoms with Crippen molar-refractivity contribution >= 4 is 17.7 Å². The molecule has 4 atom stereocenters. The molecule has 1 aromatic carbocycles. The number of urea groups is 1. The summed E-state index contributed by atoms with van der Waals surface area (Å²) in [7, 11) is 1.36. The van der Waals surface area contributed by atoms with Crippen LogP contribution in [0.25, 0.3) is 0 Å². The summed E-state index contributed by atoms with van der Waals surface area (Å²) in [5, 5.41) is 3.00. The van der Waals surface area contributed by atoms with E-state index in [1.807, 2.05) is 11.0 Å². The molecule has 3 aliphatic heterocycles. The lowest BCUT2D eigenvalue weighted by Gasteiger charge is -2.54. The second kappa shape index (κ2) is 8.06. The number of esters is 1. The van der Waals surface area contributed by atoms with Crippen molar-refractivity contribution < 1.29 is 14.3 Å². The highest BCUT2D eigenvalue weighted by Gasteiger charge is 2.47. The summed E-state index contributed by atoms with van der Waals surface area (Å²) >= 11 is 0. The van der Waals surface area contributed by atoms with E-state index in [0.29, 0.717) is 29.1 Å². The number of piperidine rings is 3. The van der Waals surface area contributed by atoms with Gasteiger partial charge in [-0.05, 0) is 62.6 Å². The lowest BCUT2D eigenvalue weighted by Crippen LogP contribution is -2.60. The molecule has 0 aromatic heterocycles. The highest BCUT2D eigenvalue weighted by molar-refractivity contribution is 6.00. The van der Waals surface area contributed by atoms with Crippen molar-refractivity contribution in [2.24, 2.45) is 11.8 Å². The quantitative estimate of drug-likeness (QED) is 0.594. The van der Waals surface area contributed by atoms with E-state index in [1.165, 1.54) is 44.9 Å². The van der Waals surface area contributed by atoms with Crippen LogP contribution in [0.3, 0.4) is 0 Å². The first-order valence-corrected chi connectivity index (χ1v) is 11.4. The molecule has 0 saturated carbocycles. The first-order chi connectivity index (χ1) is 14.7. The van der Waals surface area contributed by atoms with E-state index in [0.717, 1.165) is 25.9 Å². The summed E-state index contributed by atoms with van der Waals surface area (Å²) < 4.78 is 4.88. The van der Waals surface area contributed by atoms with Crippen molar-refractivity contribution in [2.45, 2.75) is 50.6 Å². The Hall–Kier alpha value is -2.34. The van der Waals surface area contributed by atoms with Crippen molar-refractivity contribution in [3.63, 3.8) is 0 Å². The van der Waals surface area contributed by atoms with Gasteiger partial charge in [0.1, 0.15) is 0 Å². The van der Waals surface area contributed by atoms with Gasteiger partial charge in [0.05, 0.1) is 24.4 Å². The van der Waals surface area contributed by atoms with Gasteiger partial charge in [-0.25, -0.2) is 9.59 Å². The number of nitrogens with one attached hydrogen (secondary N) is 1. The molecule has 6 nitrogen and oxygen atoms in total. The second-order valence-electron chi connectivity index (χ2n) is 9.17. The summed E-state index contributed by atoms with van der Waals surface area (Å²) in [6.07, 6.45) is 9.78. The minimum absolute atomic E-state index is 0.110. The van der Waals surface area contributed by atoms with Crippen LogP contribution in [-0.2, 0) is 4.74 Å². The standard InChI is InChI=1S/C24H31N3O3/c1-30-23(28)19-8-2-3-9-20(19)25-24(29)27-12-6-7-16-13-17-14-18(22(16)27)15-26-11-5-4-10-21(17)26/h2-3,8-9,13,17-18,21-22H,4-7,10-12,14-15H2,1H3,(H,25,29)/t17-,18+,21-,22-/m0/s1. The van der Waals surface area contributed by atoms with Crippen molar-refractivity contribution in [3.05, 3.63) is 41.5 Å². The predicted molar refractivity (Wildman–Crippen MR) is 115 cm³/mol. The van der Waals surface area contributed by atoms with E-state index >= 15 is 0 Å². The molecule has 2 bridgehead atoms. The molecule has 0 spiro atoms. The molecule has 6 heteroatoms. The highest BCUT2D eigenvalue weighted by Crippen LogP contribution is 2.45. The predicted octanol–water partition coefficient (Wildman–Crippen LogP) is 3.90. The zero-order valence-corrected chi connectivity index (χ0v) is 17.7. The molecule has 1 aromatic rings. The molecule has 1 aliphatic carbocycles. The zero-order valence-electron chi connectivity index (χ0n) is 17.7. The number of carbonyl (C=O) groups is 2. The Morgan fingerprint density at radius 1 is 1.13 bits per heavy atom. The van der Waals surface area contributed by atoms with E-state index in [9.17, 15) is 9.59 Å². The van der Waals surface area contributed by atoms with Gasteiger partial charge in [-0.2, -0.15) is 0 Å². The van der Waals surface area contributed by atoms with Gasteiger partial charge in [-0.15, -0.1) is 0 Å². The lowest BCUT2D eigenvalue weighted by molar-refractivity contribution is 0.00908. The first kappa shape index (κ1) is 19.6. The maximum atomic E-state index is 13.4. The lowest BCUT2D eigenvalue weighted by atomic mass is 9.68. The summed E-state index contributed by atoms with van der Waals surface area (Å²) in [5.74, 6) is 0.721. The second-order valence-corrected chi connectivity index (χ2v) is 9.17. The van der Waals surface area contributed by atoms with Crippen LogP contribution < -0.4 is 5.32 Å². The first-order valence-electron chi connectivity index (χ1n) is 11.4. The number of anilines is 1. The normalized spacial score (nSPS) is 30.6. The number of carbonyl (C=O) groups excluding carboxylic acids is 2. The van der Waals surface area contributed by atoms with Gasteiger partial charge in [-0.3, -0.25) is 4.90 Å². The van der Waals surface area contributed by atoms with Gasteiger partial charge in [-0.1, -0.05) is 30.2 Å². The molecule has 4 aliphatic rings. The largest absolute Gasteiger partial charge is 0.465 e. The van der Waals surface area contributed by atoms with E-state index in [4.69, 9.17) is 4.74 Å². The van der Waals surface area contributed by atoms with E-state index in [-0.39, 0.29) is 12.1 Å². The number of para-hydroxylation sites is 1. The zero-order chi connectivity index (χ0) is 20.7. The van der Waals surface area contributed by atoms with Gasteiger partial charge >= 0.3 is 12.0 Å². The maximum Gasteiger partial charge on any atom is 0.339 e. The number of nitrogens with zero attached hydrogens (tertiary/aromatic N) is 2. The number of ether oxygens (including phenoxy) is 1. The fourth-order valence-electron chi connectivity index (χ4n) is 6.27. The van der Waals surface area contributed by atoms with Crippen LogP contribution in [-0.4, -0.2) is 60.6 Å². The Kier molecular flexibility index (Phi) is 5.27. The summed E-state index contributed by atoms with van der Waals surface area (Å²) in [5.41, 5.74) is 2.36. The third kappa shape index (κ3) is 3.41. The molecule has 30 heavy (non-hydrogen) atoms. The summed E-state index contributed by atoms with van der Waals surface area (Å²) in [6.45, 7) is 3.07. The number of rotatable bonds is 2. The number of hydrogen-bond acceptors (Lipinski definition) is 4. The fourth-order valence-corrected chi connectivity index (χ4v) is 6.27. The van der Waals surface area contributed by atoms with Crippen LogP contribution in [0.2, 0.25) is 0 Å². The minimum Gasteiger partial charge on any atom is -0.465 e. The van der Waals surface area contributed by atoms with Gasteiger partial charge < -0.3 is 15.0 Å². The monoisotopic (exact) mass is 409 g/mol. The van der Waals surface area contributed by atoms with Crippen molar-refractivity contribution in [2.75, 3.05) is 32.1 Å². The van der Waals surface area contributed by atoms with E-state index in [1.54, 1.807) is 18.2 Å². The third-order valence-electron chi connectivity index (χ3n) is 7.49. The molecule has 0 radical (unpaired) electrons.